The van der Waals surface area contributed by atoms with Gasteiger partial charge in [-0.15, -0.1) is 0 Å². The van der Waals surface area contributed by atoms with E-state index < -0.39 is 0 Å². The van der Waals surface area contributed by atoms with Gasteiger partial charge in [0.15, 0.2) is 0 Å². The molecule has 0 aliphatic heterocycles. The molecule has 1 amide bonds. The van der Waals surface area contributed by atoms with Crippen LogP contribution in [0.3, 0.4) is 0 Å². The van der Waals surface area contributed by atoms with Gasteiger partial charge in [0, 0.05) is 17.3 Å². The van der Waals surface area contributed by atoms with Gasteiger partial charge < -0.3 is 11.1 Å². The Hall–Kier alpha value is -1.51. The summed E-state index contributed by atoms with van der Waals surface area (Å²) >= 11 is 0. The minimum Gasteiger partial charge on any atom is -0.399 e. The lowest BCUT2D eigenvalue weighted by atomic mass is 10.2. The first kappa shape index (κ1) is 9.06. The molecule has 3 heteroatoms. The first-order valence-corrected chi connectivity index (χ1v) is 4.84. The number of nitrogens with one attached hydrogen (secondary N) is 1. The van der Waals surface area contributed by atoms with Crippen LogP contribution in [0.2, 0.25) is 0 Å². The number of hydrogen-bond donors (Lipinski definition) is 2. The van der Waals surface area contributed by atoms with E-state index in [1.54, 1.807) is 6.07 Å². The molecule has 1 aliphatic rings. The van der Waals surface area contributed by atoms with E-state index in [2.05, 4.69) is 5.32 Å². The van der Waals surface area contributed by atoms with Crippen molar-refractivity contribution in [3.05, 3.63) is 23.8 Å². The van der Waals surface area contributed by atoms with Crippen molar-refractivity contribution in [1.29, 1.82) is 0 Å². The van der Waals surface area contributed by atoms with Gasteiger partial charge in [-0.1, -0.05) is 0 Å². The van der Waals surface area contributed by atoms with Crippen LogP contribution >= 0.6 is 0 Å². The van der Waals surface area contributed by atoms with E-state index in [1.807, 2.05) is 19.1 Å². The van der Waals surface area contributed by atoms with Crippen LogP contribution in [0.1, 0.15) is 18.4 Å². The van der Waals surface area contributed by atoms with Crippen LogP contribution in [0.25, 0.3) is 0 Å². The third-order valence-corrected chi connectivity index (χ3v) is 2.46. The molecule has 1 aromatic rings. The Balaban J connectivity index is 2.11. The number of nitrogen functional groups attached to an aromatic ring is 1. The molecule has 0 spiro atoms. The van der Waals surface area contributed by atoms with E-state index in [1.165, 1.54) is 0 Å². The van der Waals surface area contributed by atoms with Crippen LogP contribution in [0, 0.1) is 12.8 Å². The summed E-state index contributed by atoms with van der Waals surface area (Å²) < 4.78 is 0. The van der Waals surface area contributed by atoms with E-state index in [9.17, 15) is 4.79 Å². The normalized spacial score (nSPS) is 15.2. The highest BCUT2D eigenvalue weighted by Crippen LogP contribution is 2.30. The van der Waals surface area contributed by atoms with Crippen molar-refractivity contribution in [2.75, 3.05) is 11.1 Å². The molecule has 0 radical (unpaired) electrons. The summed E-state index contributed by atoms with van der Waals surface area (Å²) in [7, 11) is 0. The highest BCUT2D eigenvalue weighted by Gasteiger charge is 2.29. The first-order chi connectivity index (χ1) is 6.66. The monoisotopic (exact) mass is 190 g/mol. The van der Waals surface area contributed by atoms with Crippen molar-refractivity contribution in [3.63, 3.8) is 0 Å². The SMILES string of the molecule is Cc1cc(N)ccc1NC(=O)C1CC1. The molecule has 3 nitrogen and oxygen atoms in total. The Morgan fingerprint density at radius 2 is 2.21 bits per heavy atom. The molecule has 74 valence electrons. The minimum atomic E-state index is 0.137. The third-order valence-electron chi connectivity index (χ3n) is 2.46. The van der Waals surface area contributed by atoms with Gasteiger partial charge in [0.1, 0.15) is 0 Å². The van der Waals surface area contributed by atoms with Gasteiger partial charge >= 0.3 is 0 Å². The number of anilines is 2. The van der Waals surface area contributed by atoms with E-state index in [-0.39, 0.29) is 11.8 Å². The zero-order valence-corrected chi connectivity index (χ0v) is 8.21. The smallest absolute Gasteiger partial charge is 0.227 e. The number of nitrogens with two attached hydrogens (primary N) is 1. The number of benzene rings is 1. The molecule has 0 unspecified atom stereocenters. The van der Waals surface area contributed by atoms with Crippen LogP contribution in [0.4, 0.5) is 11.4 Å². The molecule has 0 saturated heterocycles. The van der Waals surface area contributed by atoms with Crippen molar-refractivity contribution in [3.8, 4) is 0 Å². The first-order valence-electron chi connectivity index (χ1n) is 4.84. The van der Waals surface area contributed by atoms with Gasteiger partial charge in [0.2, 0.25) is 5.91 Å². The lowest BCUT2D eigenvalue weighted by molar-refractivity contribution is -0.117. The quantitative estimate of drug-likeness (QED) is 0.700. The molecule has 1 saturated carbocycles. The van der Waals surface area contributed by atoms with Crippen LogP contribution in [-0.2, 0) is 4.79 Å². The van der Waals surface area contributed by atoms with Gasteiger partial charge in [-0.3, -0.25) is 4.79 Å². The van der Waals surface area contributed by atoms with Crippen molar-refractivity contribution in [2.45, 2.75) is 19.8 Å². The highest BCUT2D eigenvalue weighted by molar-refractivity contribution is 5.94. The molecule has 1 fully saturated rings. The number of aryl methyl sites for hydroxylation is 1. The fourth-order valence-electron chi connectivity index (χ4n) is 1.41. The maximum atomic E-state index is 11.5. The van der Waals surface area contributed by atoms with E-state index in [0.29, 0.717) is 0 Å². The number of hydrogen-bond acceptors (Lipinski definition) is 2. The molecule has 3 N–H and O–H groups in total. The Labute approximate surface area is 83.3 Å². The standard InChI is InChI=1S/C11H14N2O/c1-7-6-9(12)4-5-10(7)13-11(14)8-2-3-8/h4-6,8H,2-3,12H2,1H3,(H,13,14). The summed E-state index contributed by atoms with van der Waals surface area (Å²) in [6.45, 7) is 1.94. The molecule has 0 aromatic heterocycles. The predicted octanol–water partition coefficient (Wildman–Crippen LogP) is 1.93. The Kier molecular flexibility index (Phi) is 2.15. The van der Waals surface area contributed by atoms with Gasteiger partial charge in [0.25, 0.3) is 0 Å². The van der Waals surface area contributed by atoms with Crippen LogP contribution in [0.5, 0.6) is 0 Å². The van der Waals surface area contributed by atoms with Crippen molar-refractivity contribution < 1.29 is 4.79 Å². The molecule has 2 rings (SSSR count). The molecule has 0 bridgehead atoms. The maximum absolute atomic E-state index is 11.5. The lowest BCUT2D eigenvalue weighted by Gasteiger charge is -2.08. The van der Waals surface area contributed by atoms with Crippen LogP contribution in [0.15, 0.2) is 18.2 Å². The average Bonchev–Trinajstić information content (AvgIpc) is 2.92. The Morgan fingerprint density at radius 1 is 1.50 bits per heavy atom. The number of carbonyl (C=O) groups excluding carboxylic acids is 1. The largest absolute Gasteiger partial charge is 0.399 e. The molecular formula is C11H14N2O. The zero-order chi connectivity index (χ0) is 10.1. The summed E-state index contributed by atoms with van der Waals surface area (Å²) in [6, 6.07) is 5.52. The fourth-order valence-corrected chi connectivity index (χ4v) is 1.41. The molecule has 0 heterocycles. The number of amides is 1. The summed E-state index contributed by atoms with van der Waals surface area (Å²) in [5.41, 5.74) is 8.23. The lowest BCUT2D eigenvalue weighted by Crippen LogP contribution is -2.14. The van der Waals surface area contributed by atoms with Crippen molar-refractivity contribution in [2.24, 2.45) is 5.92 Å². The second-order valence-corrected chi connectivity index (χ2v) is 3.84. The molecule has 0 atom stereocenters. The Bertz CT molecular complexity index is 370. The van der Waals surface area contributed by atoms with E-state index >= 15 is 0 Å². The average molecular weight is 190 g/mol. The molecule has 1 aromatic carbocycles. The van der Waals surface area contributed by atoms with Gasteiger partial charge in [-0.2, -0.15) is 0 Å². The second kappa shape index (κ2) is 3.33. The van der Waals surface area contributed by atoms with Gasteiger partial charge in [0.05, 0.1) is 0 Å². The summed E-state index contributed by atoms with van der Waals surface area (Å²) in [5.74, 6) is 0.379. The maximum Gasteiger partial charge on any atom is 0.227 e. The van der Waals surface area contributed by atoms with Crippen molar-refractivity contribution >= 4 is 17.3 Å². The molecule has 14 heavy (non-hydrogen) atoms. The van der Waals surface area contributed by atoms with Gasteiger partial charge in [-0.25, -0.2) is 0 Å². The summed E-state index contributed by atoms with van der Waals surface area (Å²) in [4.78, 5) is 11.5. The predicted molar refractivity (Wildman–Crippen MR) is 56.9 cm³/mol. The Morgan fingerprint density at radius 3 is 2.79 bits per heavy atom. The van der Waals surface area contributed by atoms with Crippen LogP contribution < -0.4 is 11.1 Å². The number of rotatable bonds is 2. The zero-order valence-electron chi connectivity index (χ0n) is 8.21. The molecule has 1 aliphatic carbocycles. The topological polar surface area (TPSA) is 55.1 Å². The molecular weight excluding hydrogens is 176 g/mol. The van der Waals surface area contributed by atoms with Crippen LogP contribution in [-0.4, -0.2) is 5.91 Å². The van der Waals surface area contributed by atoms with Crippen molar-refractivity contribution in [1.82, 2.24) is 0 Å². The second-order valence-electron chi connectivity index (χ2n) is 3.84. The van der Waals surface area contributed by atoms with E-state index in [4.69, 9.17) is 5.73 Å². The number of carbonyl (C=O) groups is 1. The fraction of sp³-hybridized carbons (Fsp3) is 0.364. The summed E-state index contributed by atoms with van der Waals surface area (Å²) in [6.07, 6.45) is 2.06. The van der Waals surface area contributed by atoms with E-state index in [0.717, 1.165) is 29.8 Å². The highest BCUT2D eigenvalue weighted by atomic mass is 16.2. The summed E-state index contributed by atoms with van der Waals surface area (Å²) in [5, 5.41) is 2.90. The minimum absolute atomic E-state index is 0.137. The third kappa shape index (κ3) is 1.87. The van der Waals surface area contributed by atoms with Gasteiger partial charge in [-0.05, 0) is 43.5 Å².